The van der Waals surface area contributed by atoms with E-state index in [-0.39, 0.29) is 45.3 Å². The van der Waals surface area contributed by atoms with Gasteiger partial charge in [0.2, 0.25) is 0 Å². The average molecular weight is 625 g/mol. The number of rotatable bonds is 12. The second-order valence-corrected chi connectivity index (χ2v) is 18.8. The topological polar surface area (TPSA) is 46.5 Å². The number of aliphatic hydroxyl groups is 1. The molecule has 0 heterocycles. The molecule has 0 radical (unpaired) electrons. The number of aliphatic hydroxyl groups excluding tert-OH is 1. The molecule has 3 nitrogen and oxygen atoms in total. The van der Waals surface area contributed by atoms with E-state index in [2.05, 4.69) is 62.0 Å². The number of fused-ring (bicyclic) bond motifs is 7. The number of carbonyl (C=O) groups is 1. The highest BCUT2D eigenvalue weighted by atomic mass is 16.5. The standard InChI is InChI=1S/C42H72O3/c1-10-11-12-13-14-15-16-17-18-19-36(44)45-35-24-26-39(6)32(38(35,4)5)23-27-41(8)33(39)21-20-31-37-30(29(2)3)22-25-40(37,7)34(43)28-42(31,41)9/h30-35,37,43H,2,10-28H2,1,3-9H3/t30-,31-,32-,33+,34-,35-,37+,39-,40+,41+,42+/m0/s1. The van der Waals surface area contributed by atoms with Crippen LogP contribution < -0.4 is 0 Å². The summed E-state index contributed by atoms with van der Waals surface area (Å²) in [5, 5.41) is 11.9. The first-order chi connectivity index (χ1) is 21.2. The van der Waals surface area contributed by atoms with Gasteiger partial charge >= 0.3 is 5.97 Å². The molecule has 11 atom stereocenters. The van der Waals surface area contributed by atoms with E-state index in [0.717, 1.165) is 38.5 Å². The Hall–Kier alpha value is -0.830. The van der Waals surface area contributed by atoms with Crippen LogP contribution in [0.1, 0.15) is 177 Å². The Kier molecular flexibility index (Phi) is 10.4. The Morgan fingerprint density at radius 3 is 2.02 bits per heavy atom. The summed E-state index contributed by atoms with van der Waals surface area (Å²) in [4.78, 5) is 13.1. The number of unbranched alkanes of at least 4 members (excludes halogenated alkanes) is 8. The van der Waals surface area contributed by atoms with Crippen LogP contribution >= 0.6 is 0 Å². The van der Waals surface area contributed by atoms with E-state index < -0.39 is 0 Å². The molecule has 0 aliphatic heterocycles. The van der Waals surface area contributed by atoms with Crippen molar-refractivity contribution in [1.29, 1.82) is 0 Å². The van der Waals surface area contributed by atoms with Gasteiger partial charge in [-0.2, -0.15) is 0 Å². The van der Waals surface area contributed by atoms with Gasteiger partial charge < -0.3 is 9.84 Å². The summed E-state index contributed by atoms with van der Waals surface area (Å²) >= 11 is 0. The van der Waals surface area contributed by atoms with Gasteiger partial charge in [-0.15, -0.1) is 0 Å². The van der Waals surface area contributed by atoms with Crippen LogP contribution in [0.3, 0.4) is 0 Å². The minimum absolute atomic E-state index is 0.0125. The maximum absolute atomic E-state index is 13.1. The third-order valence-electron chi connectivity index (χ3n) is 16.3. The van der Waals surface area contributed by atoms with Crippen molar-refractivity contribution in [2.45, 2.75) is 190 Å². The molecule has 0 aromatic rings. The molecule has 5 aliphatic carbocycles. The zero-order chi connectivity index (χ0) is 32.8. The van der Waals surface area contributed by atoms with E-state index in [4.69, 9.17) is 4.74 Å². The zero-order valence-electron chi connectivity index (χ0n) is 30.9. The van der Waals surface area contributed by atoms with Gasteiger partial charge in [0.1, 0.15) is 6.10 Å². The predicted octanol–water partition coefficient (Wildman–Crippen LogP) is 11.5. The van der Waals surface area contributed by atoms with Crippen LogP contribution in [0.5, 0.6) is 0 Å². The molecular formula is C42H72O3. The Labute approximate surface area is 278 Å². The van der Waals surface area contributed by atoms with E-state index in [1.807, 2.05) is 0 Å². The van der Waals surface area contributed by atoms with Gasteiger partial charge in [-0.1, -0.05) is 112 Å². The largest absolute Gasteiger partial charge is 0.462 e. The Morgan fingerprint density at radius 1 is 0.756 bits per heavy atom. The maximum Gasteiger partial charge on any atom is 0.306 e. The molecule has 45 heavy (non-hydrogen) atoms. The van der Waals surface area contributed by atoms with E-state index in [1.54, 1.807) is 0 Å². The minimum atomic E-state index is -0.216. The summed E-state index contributed by atoms with van der Waals surface area (Å²) < 4.78 is 6.37. The average Bonchev–Trinajstić information content (AvgIpc) is 3.33. The normalized spacial score (nSPS) is 45.1. The molecular weight excluding hydrogens is 552 g/mol. The smallest absolute Gasteiger partial charge is 0.306 e. The number of ether oxygens (including phenoxy) is 1. The fourth-order valence-electron chi connectivity index (χ4n) is 13.5. The maximum atomic E-state index is 13.1. The van der Waals surface area contributed by atoms with Gasteiger partial charge in [-0.3, -0.25) is 4.79 Å². The number of carbonyl (C=O) groups excluding carboxylic acids is 1. The highest BCUT2D eigenvalue weighted by Gasteiger charge is 2.72. The predicted molar refractivity (Wildman–Crippen MR) is 188 cm³/mol. The molecule has 1 N–H and O–H groups in total. The van der Waals surface area contributed by atoms with Gasteiger partial charge in [-0.05, 0) is 122 Å². The second-order valence-electron chi connectivity index (χ2n) is 18.8. The van der Waals surface area contributed by atoms with Crippen LogP contribution in [-0.4, -0.2) is 23.3 Å². The summed E-state index contributed by atoms with van der Waals surface area (Å²) in [5.41, 5.74) is 1.99. The van der Waals surface area contributed by atoms with Crippen LogP contribution in [0.4, 0.5) is 0 Å². The van der Waals surface area contributed by atoms with Crippen LogP contribution in [0, 0.1) is 56.7 Å². The molecule has 0 aromatic carbocycles. The van der Waals surface area contributed by atoms with E-state index in [1.165, 1.54) is 82.6 Å². The van der Waals surface area contributed by atoms with Crippen molar-refractivity contribution in [3.8, 4) is 0 Å². The van der Waals surface area contributed by atoms with Gasteiger partial charge in [0.05, 0.1) is 6.10 Å². The van der Waals surface area contributed by atoms with Crippen molar-refractivity contribution >= 4 is 5.97 Å². The molecule has 5 rings (SSSR count). The molecule has 3 heteroatoms. The molecule has 5 saturated carbocycles. The van der Waals surface area contributed by atoms with Gasteiger partial charge in [0, 0.05) is 11.8 Å². The molecule has 258 valence electrons. The summed E-state index contributed by atoms with van der Waals surface area (Å²) in [6.45, 7) is 24.1. The van der Waals surface area contributed by atoms with Crippen molar-refractivity contribution in [2.24, 2.45) is 56.7 Å². The van der Waals surface area contributed by atoms with E-state index in [0.29, 0.717) is 36.0 Å². The molecule has 5 aliphatic rings. The number of hydrogen-bond acceptors (Lipinski definition) is 3. The molecule has 0 amide bonds. The lowest BCUT2D eigenvalue weighted by Crippen LogP contribution is -2.68. The summed E-state index contributed by atoms with van der Waals surface area (Å²) in [5.74, 6) is 3.05. The Bertz CT molecular complexity index is 1060. The van der Waals surface area contributed by atoms with E-state index >= 15 is 0 Å². The monoisotopic (exact) mass is 625 g/mol. The minimum Gasteiger partial charge on any atom is -0.462 e. The fourth-order valence-corrected chi connectivity index (χ4v) is 13.5. The summed E-state index contributed by atoms with van der Waals surface area (Å²) in [6, 6.07) is 0. The first-order valence-corrected chi connectivity index (χ1v) is 19.7. The van der Waals surface area contributed by atoms with Gasteiger partial charge in [0.15, 0.2) is 0 Å². The first kappa shape index (κ1) is 35.5. The third kappa shape index (κ3) is 5.92. The zero-order valence-corrected chi connectivity index (χ0v) is 30.9. The van der Waals surface area contributed by atoms with Gasteiger partial charge in [-0.25, -0.2) is 0 Å². The van der Waals surface area contributed by atoms with Crippen molar-refractivity contribution in [3.05, 3.63) is 12.2 Å². The quantitative estimate of drug-likeness (QED) is 0.133. The molecule has 0 saturated heterocycles. The van der Waals surface area contributed by atoms with Crippen LogP contribution in [0.2, 0.25) is 0 Å². The van der Waals surface area contributed by atoms with Crippen molar-refractivity contribution in [3.63, 3.8) is 0 Å². The first-order valence-electron chi connectivity index (χ1n) is 19.7. The molecule has 5 fully saturated rings. The SMILES string of the molecule is C=C(C)[C@@H]1CC[C@@]2(C)[C@H]1[C@@H]1CC[C@@H]3[C@@]4(C)CC[C@H](OC(=O)CCCCCCCCCCC)C(C)(C)[C@@H]4CC[C@@]3(C)[C@]1(C)C[C@@H]2O. The summed E-state index contributed by atoms with van der Waals surface area (Å²) in [6.07, 6.45) is 22.4. The lowest BCUT2D eigenvalue weighted by atomic mass is 9.32. The van der Waals surface area contributed by atoms with Crippen molar-refractivity contribution in [2.75, 3.05) is 0 Å². The Morgan fingerprint density at radius 2 is 1.38 bits per heavy atom. The van der Waals surface area contributed by atoms with E-state index in [9.17, 15) is 9.90 Å². The lowest BCUT2D eigenvalue weighted by Gasteiger charge is -2.73. The molecule has 0 unspecified atom stereocenters. The third-order valence-corrected chi connectivity index (χ3v) is 16.3. The second kappa shape index (κ2) is 13.2. The molecule has 0 bridgehead atoms. The van der Waals surface area contributed by atoms with Crippen LogP contribution in [0.25, 0.3) is 0 Å². The highest BCUT2D eigenvalue weighted by Crippen LogP contribution is 2.77. The molecule has 0 aromatic heterocycles. The lowest BCUT2D eigenvalue weighted by molar-refractivity contribution is -0.262. The number of allylic oxidation sites excluding steroid dienone is 1. The Balaban J connectivity index is 1.24. The molecule has 0 spiro atoms. The summed E-state index contributed by atoms with van der Waals surface area (Å²) in [7, 11) is 0. The van der Waals surface area contributed by atoms with Gasteiger partial charge in [0.25, 0.3) is 0 Å². The fraction of sp³-hybridized carbons (Fsp3) is 0.929. The van der Waals surface area contributed by atoms with Crippen LogP contribution in [0.15, 0.2) is 12.2 Å². The van der Waals surface area contributed by atoms with Crippen LogP contribution in [-0.2, 0) is 9.53 Å². The van der Waals surface area contributed by atoms with Crippen molar-refractivity contribution < 1.29 is 14.6 Å². The highest BCUT2D eigenvalue weighted by molar-refractivity contribution is 5.69. The number of esters is 1. The van der Waals surface area contributed by atoms with Crippen molar-refractivity contribution in [1.82, 2.24) is 0 Å². The number of hydrogen-bond donors (Lipinski definition) is 1.